The monoisotopic (exact) mass is 307 g/mol. The third kappa shape index (κ3) is 3.36. The number of hydrogen-bond acceptors (Lipinski definition) is 5. The second-order valence-electron chi connectivity index (χ2n) is 5.75. The molecule has 0 aliphatic heterocycles. The van der Waals surface area contributed by atoms with Crippen molar-refractivity contribution in [3.05, 3.63) is 33.9 Å². The van der Waals surface area contributed by atoms with Crippen LogP contribution in [0.3, 0.4) is 0 Å². The highest BCUT2D eigenvalue weighted by Crippen LogP contribution is 2.44. The lowest BCUT2D eigenvalue weighted by atomic mass is 9.66. The Bertz CT molecular complexity index is 570. The Kier molecular flexibility index (Phi) is 4.97. The largest absolute Gasteiger partial charge is 0.396 e. The number of anilines is 1. The van der Waals surface area contributed by atoms with E-state index >= 15 is 0 Å². The Balaban J connectivity index is 2.19. The van der Waals surface area contributed by atoms with Gasteiger partial charge in [-0.1, -0.05) is 6.42 Å². The summed E-state index contributed by atoms with van der Waals surface area (Å²) < 4.78 is 0. The van der Waals surface area contributed by atoms with E-state index in [9.17, 15) is 20.0 Å². The summed E-state index contributed by atoms with van der Waals surface area (Å²) in [5, 5.41) is 25.8. The number of amides is 1. The second-order valence-corrected chi connectivity index (χ2v) is 5.75. The molecule has 7 nitrogen and oxygen atoms in total. The molecule has 0 unspecified atom stereocenters. The zero-order valence-electron chi connectivity index (χ0n) is 12.6. The smallest absolute Gasteiger partial charge is 0.270 e. The minimum absolute atomic E-state index is 0.0660. The average molecular weight is 307 g/mol. The molecular formula is C15H21N3O4. The van der Waals surface area contributed by atoms with Crippen molar-refractivity contribution in [3.63, 3.8) is 0 Å². The van der Waals surface area contributed by atoms with E-state index in [0.29, 0.717) is 12.2 Å². The molecule has 3 N–H and O–H groups in total. The Labute approximate surface area is 128 Å². The molecule has 0 heterocycles. The molecule has 1 saturated carbocycles. The molecular weight excluding hydrogens is 286 g/mol. The van der Waals surface area contributed by atoms with Crippen LogP contribution >= 0.6 is 0 Å². The maximum absolute atomic E-state index is 11.9. The van der Waals surface area contributed by atoms with Crippen LogP contribution in [-0.2, 0) is 0 Å². The van der Waals surface area contributed by atoms with Crippen LogP contribution in [0, 0.1) is 15.5 Å². The van der Waals surface area contributed by atoms with Crippen molar-refractivity contribution >= 4 is 17.3 Å². The number of carbonyl (C=O) groups is 1. The van der Waals surface area contributed by atoms with Gasteiger partial charge >= 0.3 is 0 Å². The van der Waals surface area contributed by atoms with Crippen molar-refractivity contribution in [2.45, 2.75) is 25.7 Å². The minimum atomic E-state index is -0.518. The number of benzene rings is 1. The molecule has 1 aliphatic rings. The molecule has 0 atom stereocenters. The van der Waals surface area contributed by atoms with Crippen LogP contribution in [0.1, 0.15) is 36.0 Å². The molecule has 1 fully saturated rings. The number of nitrogens with one attached hydrogen (secondary N) is 2. The minimum Gasteiger partial charge on any atom is -0.396 e. The molecule has 0 radical (unpaired) electrons. The fourth-order valence-electron chi connectivity index (χ4n) is 2.83. The molecule has 1 amide bonds. The van der Waals surface area contributed by atoms with E-state index in [-0.39, 0.29) is 29.2 Å². The van der Waals surface area contributed by atoms with Crippen molar-refractivity contribution in [1.82, 2.24) is 5.32 Å². The van der Waals surface area contributed by atoms with E-state index in [1.165, 1.54) is 19.2 Å². The number of nitrogens with zero attached hydrogens (tertiary/aromatic N) is 1. The molecule has 120 valence electrons. The lowest BCUT2D eigenvalue weighted by Crippen LogP contribution is -2.37. The highest BCUT2D eigenvalue weighted by molar-refractivity contribution is 6.00. The Morgan fingerprint density at radius 1 is 1.45 bits per heavy atom. The van der Waals surface area contributed by atoms with Gasteiger partial charge in [-0.2, -0.15) is 0 Å². The summed E-state index contributed by atoms with van der Waals surface area (Å²) in [6, 6.07) is 4.23. The number of rotatable bonds is 7. The molecule has 22 heavy (non-hydrogen) atoms. The number of aliphatic hydroxyl groups excluding tert-OH is 1. The van der Waals surface area contributed by atoms with Gasteiger partial charge in [0.1, 0.15) is 0 Å². The van der Waals surface area contributed by atoms with Crippen molar-refractivity contribution in [1.29, 1.82) is 0 Å². The summed E-state index contributed by atoms with van der Waals surface area (Å²) in [6.07, 6.45) is 3.96. The van der Waals surface area contributed by atoms with E-state index in [2.05, 4.69) is 10.6 Å². The quantitative estimate of drug-likeness (QED) is 0.527. The number of hydrogen-bond donors (Lipinski definition) is 3. The summed E-state index contributed by atoms with van der Waals surface area (Å²) in [7, 11) is 1.49. The van der Waals surface area contributed by atoms with E-state index < -0.39 is 4.92 Å². The number of carbonyl (C=O) groups excluding carboxylic acids is 1. The van der Waals surface area contributed by atoms with Gasteiger partial charge in [0.25, 0.3) is 11.6 Å². The summed E-state index contributed by atoms with van der Waals surface area (Å²) in [4.78, 5) is 22.3. The molecule has 0 spiro atoms. The molecule has 0 saturated heterocycles. The lowest BCUT2D eigenvalue weighted by molar-refractivity contribution is -0.384. The zero-order chi connectivity index (χ0) is 16.2. The molecule has 2 rings (SSSR count). The van der Waals surface area contributed by atoms with Crippen LogP contribution in [0.5, 0.6) is 0 Å². The predicted molar refractivity (Wildman–Crippen MR) is 83.0 cm³/mol. The molecule has 7 heteroatoms. The van der Waals surface area contributed by atoms with Gasteiger partial charge in [0, 0.05) is 38.0 Å². The van der Waals surface area contributed by atoms with Crippen LogP contribution in [0.2, 0.25) is 0 Å². The first-order valence-corrected chi connectivity index (χ1v) is 7.36. The molecule has 0 aromatic heterocycles. The van der Waals surface area contributed by atoms with Crippen LogP contribution in [0.4, 0.5) is 11.4 Å². The van der Waals surface area contributed by atoms with Gasteiger partial charge in [-0.15, -0.1) is 0 Å². The standard InChI is InChI=1S/C15H21N3O4/c1-16-14(20)12-9-11(18(21)22)3-4-13(12)17-10-15(7-8-19)5-2-6-15/h3-4,9,17,19H,2,5-8,10H2,1H3,(H,16,20). The zero-order valence-corrected chi connectivity index (χ0v) is 12.6. The summed E-state index contributed by atoms with van der Waals surface area (Å²) in [5.74, 6) is -0.365. The van der Waals surface area contributed by atoms with E-state index in [1.54, 1.807) is 6.07 Å². The van der Waals surface area contributed by atoms with Gasteiger partial charge in [0.05, 0.1) is 10.5 Å². The normalized spacial score (nSPS) is 15.7. The van der Waals surface area contributed by atoms with Crippen LogP contribution in [0.15, 0.2) is 18.2 Å². The SMILES string of the molecule is CNC(=O)c1cc([N+](=O)[O-])ccc1NCC1(CCO)CCC1. The second kappa shape index (κ2) is 6.74. The summed E-state index contributed by atoms with van der Waals surface area (Å²) in [5.41, 5.74) is 0.790. The molecule has 1 aromatic carbocycles. The van der Waals surface area contributed by atoms with Gasteiger partial charge in [0.15, 0.2) is 0 Å². The third-order valence-electron chi connectivity index (χ3n) is 4.40. The maximum Gasteiger partial charge on any atom is 0.270 e. The first-order chi connectivity index (χ1) is 10.5. The fraction of sp³-hybridized carbons (Fsp3) is 0.533. The summed E-state index contributed by atoms with van der Waals surface area (Å²) in [6.45, 7) is 0.791. The van der Waals surface area contributed by atoms with Crippen molar-refractivity contribution in [2.75, 3.05) is 25.5 Å². The van der Waals surface area contributed by atoms with Gasteiger partial charge in [0.2, 0.25) is 0 Å². The highest BCUT2D eigenvalue weighted by Gasteiger charge is 2.36. The number of non-ortho nitro benzene ring substituents is 1. The first kappa shape index (κ1) is 16.2. The van der Waals surface area contributed by atoms with Gasteiger partial charge in [-0.05, 0) is 30.7 Å². The molecule has 0 bridgehead atoms. The Hall–Kier alpha value is -2.15. The number of nitro benzene ring substituents is 1. The van der Waals surface area contributed by atoms with Crippen LogP contribution in [0.25, 0.3) is 0 Å². The van der Waals surface area contributed by atoms with Crippen LogP contribution < -0.4 is 10.6 Å². The lowest BCUT2D eigenvalue weighted by Gasteiger charge is -2.42. The Morgan fingerprint density at radius 3 is 2.68 bits per heavy atom. The van der Waals surface area contributed by atoms with Crippen molar-refractivity contribution in [2.24, 2.45) is 5.41 Å². The topological polar surface area (TPSA) is 104 Å². The maximum atomic E-state index is 11.9. The van der Waals surface area contributed by atoms with Gasteiger partial charge in [-0.25, -0.2) is 0 Å². The van der Waals surface area contributed by atoms with Gasteiger partial charge < -0.3 is 15.7 Å². The predicted octanol–water partition coefficient (Wildman–Crippen LogP) is 1.92. The van der Waals surface area contributed by atoms with E-state index in [0.717, 1.165) is 25.7 Å². The average Bonchev–Trinajstić information content (AvgIpc) is 2.48. The van der Waals surface area contributed by atoms with E-state index in [1.807, 2.05) is 0 Å². The third-order valence-corrected chi connectivity index (χ3v) is 4.40. The van der Waals surface area contributed by atoms with Crippen molar-refractivity contribution < 1.29 is 14.8 Å². The number of aliphatic hydroxyl groups is 1. The van der Waals surface area contributed by atoms with Crippen LogP contribution in [-0.4, -0.2) is 36.1 Å². The highest BCUT2D eigenvalue weighted by atomic mass is 16.6. The van der Waals surface area contributed by atoms with Crippen molar-refractivity contribution in [3.8, 4) is 0 Å². The molecule has 1 aliphatic carbocycles. The Morgan fingerprint density at radius 2 is 2.18 bits per heavy atom. The van der Waals surface area contributed by atoms with Gasteiger partial charge in [-0.3, -0.25) is 14.9 Å². The first-order valence-electron chi connectivity index (χ1n) is 7.36. The fourth-order valence-corrected chi connectivity index (χ4v) is 2.83. The van der Waals surface area contributed by atoms with E-state index in [4.69, 9.17) is 0 Å². The molecule has 1 aromatic rings. The number of nitro groups is 1. The summed E-state index contributed by atoms with van der Waals surface area (Å²) >= 11 is 0.